The smallest absolute Gasteiger partial charge is 0.257 e. The zero-order valence-electron chi connectivity index (χ0n) is 11.9. The van der Waals surface area contributed by atoms with Crippen molar-refractivity contribution >= 4 is 5.91 Å². The lowest BCUT2D eigenvalue weighted by Crippen LogP contribution is -2.41. The van der Waals surface area contributed by atoms with Gasteiger partial charge in [-0.1, -0.05) is 25.5 Å². The molecule has 4 heteroatoms. The van der Waals surface area contributed by atoms with E-state index in [0.29, 0.717) is 12.1 Å². The molecule has 0 heterocycles. The minimum absolute atomic E-state index is 0.00973. The maximum atomic E-state index is 12.5. The van der Waals surface area contributed by atoms with Gasteiger partial charge in [-0.3, -0.25) is 4.79 Å². The first kappa shape index (κ1) is 15.5. The number of aliphatic hydroxyl groups is 1. The number of benzene rings is 1. The van der Waals surface area contributed by atoms with Crippen LogP contribution in [0.1, 0.15) is 42.6 Å². The Kier molecular flexibility index (Phi) is 5.83. The molecule has 0 spiro atoms. The molecule has 1 rings (SSSR count). The standard InChI is InChI=1S/C15H23NO3/c1-4-12(5-2)16(8-9-17)15(19)13-10-11(3)6-7-14(13)18/h6-7,10,12,17-18H,4-5,8-9H2,1-3H3. The number of carbonyl (C=O) groups is 1. The van der Waals surface area contributed by atoms with Crippen molar-refractivity contribution in [1.82, 2.24) is 4.90 Å². The first-order valence-electron chi connectivity index (χ1n) is 6.76. The molecule has 0 unspecified atom stereocenters. The normalized spacial score (nSPS) is 10.8. The summed E-state index contributed by atoms with van der Waals surface area (Å²) >= 11 is 0. The van der Waals surface area contributed by atoms with E-state index in [1.165, 1.54) is 6.07 Å². The van der Waals surface area contributed by atoms with E-state index in [2.05, 4.69) is 0 Å². The summed E-state index contributed by atoms with van der Waals surface area (Å²) in [6, 6.07) is 5.07. The second-order valence-corrected chi connectivity index (χ2v) is 4.71. The zero-order chi connectivity index (χ0) is 14.4. The van der Waals surface area contributed by atoms with Gasteiger partial charge in [-0.2, -0.15) is 0 Å². The number of rotatable bonds is 6. The number of aliphatic hydroxyl groups excluding tert-OH is 1. The van der Waals surface area contributed by atoms with E-state index < -0.39 is 0 Å². The van der Waals surface area contributed by atoms with Gasteiger partial charge in [0.2, 0.25) is 0 Å². The van der Waals surface area contributed by atoms with Crippen molar-refractivity contribution in [2.75, 3.05) is 13.2 Å². The molecule has 1 amide bonds. The molecule has 0 saturated heterocycles. The Bertz CT molecular complexity index is 427. The Balaban J connectivity index is 3.08. The summed E-state index contributed by atoms with van der Waals surface area (Å²) in [7, 11) is 0. The van der Waals surface area contributed by atoms with Crippen LogP contribution in [0.25, 0.3) is 0 Å². The number of nitrogens with zero attached hydrogens (tertiary/aromatic N) is 1. The van der Waals surface area contributed by atoms with Crippen LogP contribution in [-0.4, -0.2) is 40.2 Å². The summed E-state index contributed by atoms with van der Waals surface area (Å²) in [4.78, 5) is 14.2. The molecule has 0 atom stereocenters. The molecule has 0 aliphatic heterocycles. The van der Waals surface area contributed by atoms with Crippen molar-refractivity contribution in [1.29, 1.82) is 0 Å². The van der Waals surface area contributed by atoms with Crippen LogP contribution in [-0.2, 0) is 0 Å². The average Bonchev–Trinajstić information content (AvgIpc) is 2.41. The van der Waals surface area contributed by atoms with Crippen molar-refractivity contribution in [3.05, 3.63) is 29.3 Å². The number of hydrogen-bond acceptors (Lipinski definition) is 3. The van der Waals surface area contributed by atoms with Gasteiger partial charge in [0.05, 0.1) is 12.2 Å². The zero-order valence-corrected chi connectivity index (χ0v) is 11.9. The maximum Gasteiger partial charge on any atom is 0.257 e. The van der Waals surface area contributed by atoms with Crippen molar-refractivity contribution in [3.63, 3.8) is 0 Å². The topological polar surface area (TPSA) is 60.8 Å². The lowest BCUT2D eigenvalue weighted by atomic mass is 10.1. The van der Waals surface area contributed by atoms with E-state index in [-0.39, 0.29) is 24.3 Å². The Morgan fingerprint density at radius 1 is 1.32 bits per heavy atom. The fourth-order valence-corrected chi connectivity index (χ4v) is 2.26. The highest BCUT2D eigenvalue weighted by Crippen LogP contribution is 2.22. The predicted octanol–water partition coefficient (Wildman–Crippen LogP) is 2.32. The highest BCUT2D eigenvalue weighted by atomic mass is 16.3. The second-order valence-electron chi connectivity index (χ2n) is 4.71. The Hall–Kier alpha value is -1.55. The monoisotopic (exact) mass is 265 g/mol. The SMILES string of the molecule is CCC(CC)N(CCO)C(=O)c1cc(C)ccc1O. The highest BCUT2D eigenvalue weighted by molar-refractivity contribution is 5.97. The first-order chi connectivity index (χ1) is 9.04. The van der Waals surface area contributed by atoms with Crippen LogP contribution >= 0.6 is 0 Å². The molecular formula is C15H23NO3. The number of phenolic OH excluding ortho intramolecular Hbond substituents is 1. The van der Waals surface area contributed by atoms with Crippen LogP contribution < -0.4 is 0 Å². The number of phenols is 1. The van der Waals surface area contributed by atoms with Crippen LogP contribution in [0.2, 0.25) is 0 Å². The van der Waals surface area contributed by atoms with Gasteiger partial charge in [0.25, 0.3) is 5.91 Å². The van der Waals surface area contributed by atoms with Crippen LogP contribution in [0.5, 0.6) is 5.75 Å². The number of hydrogen-bond donors (Lipinski definition) is 2. The number of aromatic hydroxyl groups is 1. The largest absolute Gasteiger partial charge is 0.507 e. The Labute approximate surface area is 114 Å². The molecule has 4 nitrogen and oxygen atoms in total. The van der Waals surface area contributed by atoms with Crippen LogP contribution in [0.4, 0.5) is 0 Å². The van der Waals surface area contributed by atoms with Gasteiger partial charge >= 0.3 is 0 Å². The van der Waals surface area contributed by atoms with Crippen molar-refractivity contribution in [3.8, 4) is 5.75 Å². The lowest BCUT2D eigenvalue weighted by Gasteiger charge is -2.30. The molecule has 1 aromatic rings. The molecule has 0 aromatic heterocycles. The molecule has 0 fully saturated rings. The average molecular weight is 265 g/mol. The fraction of sp³-hybridized carbons (Fsp3) is 0.533. The number of carbonyl (C=O) groups excluding carboxylic acids is 1. The number of aryl methyl sites for hydroxylation is 1. The summed E-state index contributed by atoms with van der Waals surface area (Å²) in [6.45, 7) is 6.13. The minimum atomic E-state index is -0.219. The summed E-state index contributed by atoms with van der Waals surface area (Å²) in [5, 5.41) is 19.0. The third-order valence-electron chi connectivity index (χ3n) is 3.37. The van der Waals surface area contributed by atoms with E-state index >= 15 is 0 Å². The molecule has 0 radical (unpaired) electrons. The molecule has 2 N–H and O–H groups in total. The van der Waals surface area contributed by atoms with Gasteiger partial charge in [0.15, 0.2) is 0 Å². The molecule has 0 bridgehead atoms. The van der Waals surface area contributed by atoms with Crippen LogP contribution in [0, 0.1) is 6.92 Å². The summed E-state index contributed by atoms with van der Waals surface area (Å²) in [5.74, 6) is -0.228. The van der Waals surface area contributed by atoms with Crippen molar-refractivity contribution in [2.24, 2.45) is 0 Å². The third kappa shape index (κ3) is 3.70. The van der Waals surface area contributed by atoms with Crippen LogP contribution in [0.15, 0.2) is 18.2 Å². The van der Waals surface area contributed by atoms with Gasteiger partial charge < -0.3 is 15.1 Å². The summed E-state index contributed by atoms with van der Waals surface area (Å²) in [5.41, 5.74) is 1.23. The van der Waals surface area contributed by atoms with Gasteiger partial charge in [-0.15, -0.1) is 0 Å². The van der Waals surface area contributed by atoms with E-state index in [0.717, 1.165) is 18.4 Å². The van der Waals surface area contributed by atoms with E-state index in [4.69, 9.17) is 5.11 Å². The molecule has 1 aromatic carbocycles. The summed E-state index contributed by atoms with van der Waals surface area (Å²) < 4.78 is 0. The van der Waals surface area contributed by atoms with E-state index in [9.17, 15) is 9.90 Å². The first-order valence-corrected chi connectivity index (χ1v) is 6.76. The maximum absolute atomic E-state index is 12.5. The lowest BCUT2D eigenvalue weighted by molar-refractivity contribution is 0.0619. The fourth-order valence-electron chi connectivity index (χ4n) is 2.26. The van der Waals surface area contributed by atoms with Crippen LogP contribution in [0.3, 0.4) is 0 Å². The Morgan fingerprint density at radius 2 is 1.95 bits per heavy atom. The van der Waals surface area contributed by atoms with E-state index in [1.54, 1.807) is 17.0 Å². The molecular weight excluding hydrogens is 242 g/mol. The highest BCUT2D eigenvalue weighted by Gasteiger charge is 2.24. The quantitative estimate of drug-likeness (QED) is 0.830. The molecule has 19 heavy (non-hydrogen) atoms. The molecule has 0 saturated carbocycles. The minimum Gasteiger partial charge on any atom is -0.507 e. The second kappa shape index (κ2) is 7.14. The van der Waals surface area contributed by atoms with Crippen molar-refractivity contribution < 1.29 is 15.0 Å². The van der Waals surface area contributed by atoms with E-state index in [1.807, 2.05) is 20.8 Å². The Morgan fingerprint density at radius 3 is 2.47 bits per heavy atom. The van der Waals surface area contributed by atoms with Gasteiger partial charge in [-0.05, 0) is 31.9 Å². The number of amides is 1. The summed E-state index contributed by atoms with van der Waals surface area (Å²) in [6.07, 6.45) is 1.66. The van der Waals surface area contributed by atoms with Gasteiger partial charge in [-0.25, -0.2) is 0 Å². The van der Waals surface area contributed by atoms with Gasteiger partial charge in [0, 0.05) is 12.6 Å². The molecule has 0 aliphatic carbocycles. The van der Waals surface area contributed by atoms with Gasteiger partial charge in [0.1, 0.15) is 5.75 Å². The molecule has 106 valence electrons. The predicted molar refractivity (Wildman–Crippen MR) is 75.3 cm³/mol. The third-order valence-corrected chi connectivity index (χ3v) is 3.37. The van der Waals surface area contributed by atoms with Crippen molar-refractivity contribution in [2.45, 2.75) is 39.7 Å². The molecule has 0 aliphatic rings.